The molecule has 1 N–H and O–H groups in total. The van der Waals surface area contributed by atoms with Crippen LogP contribution in [-0.2, 0) is 0 Å². The second-order valence-electron chi connectivity index (χ2n) is 6.24. The van der Waals surface area contributed by atoms with Gasteiger partial charge in [-0.05, 0) is 56.3 Å². The number of likely N-dealkylation sites (tertiary alicyclic amines) is 1. The molecular weight excluding hydrogens is 286 g/mol. The molecule has 0 saturated carbocycles. The third-order valence-electron chi connectivity index (χ3n) is 3.98. The molecule has 1 aromatic carbocycles. The number of rotatable bonds is 5. The van der Waals surface area contributed by atoms with E-state index in [2.05, 4.69) is 30.9 Å². The van der Waals surface area contributed by atoms with Crippen LogP contribution in [0.4, 0.5) is 0 Å². The summed E-state index contributed by atoms with van der Waals surface area (Å²) >= 11 is 0. The van der Waals surface area contributed by atoms with Crippen molar-refractivity contribution in [1.82, 2.24) is 4.90 Å². The van der Waals surface area contributed by atoms with Gasteiger partial charge in [0, 0.05) is 13.1 Å². The van der Waals surface area contributed by atoms with Crippen molar-refractivity contribution in [2.75, 3.05) is 26.2 Å². The zero-order valence-corrected chi connectivity index (χ0v) is 14.1. The van der Waals surface area contributed by atoms with Crippen LogP contribution in [0.2, 0.25) is 0 Å². The number of hydrogen-bond acceptors (Lipinski definition) is 3. The van der Waals surface area contributed by atoms with E-state index < -0.39 is 6.10 Å². The van der Waals surface area contributed by atoms with Crippen molar-refractivity contribution in [3.05, 3.63) is 29.3 Å². The van der Waals surface area contributed by atoms with Crippen LogP contribution in [0.1, 0.15) is 30.9 Å². The topological polar surface area (TPSA) is 32.7 Å². The van der Waals surface area contributed by atoms with Gasteiger partial charge in [0.1, 0.15) is 18.5 Å². The summed E-state index contributed by atoms with van der Waals surface area (Å²) in [6, 6.07) is 6.17. The summed E-state index contributed by atoms with van der Waals surface area (Å²) in [4.78, 5) is 2.35. The van der Waals surface area contributed by atoms with Crippen LogP contribution in [0.5, 0.6) is 5.75 Å². The zero-order valence-electron chi connectivity index (χ0n) is 13.3. The minimum atomic E-state index is -0.416. The fraction of sp³-hybridized carbons (Fsp3) is 0.647. The summed E-state index contributed by atoms with van der Waals surface area (Å²) in [5.74, 6) is 1.63. The summed E-state index contributed by atoms with van der Waals surface area (Å²) in [5, 5.41) is 10.1. The van der Waals surface area contributed by atoms with Gasteiger partial charge in [-0.1, -0.05) is 19.1 Å². The van der Waals surface area contributed by atoms with Crippen LogP contribution in [0.3, 0.4) is 0 Å². The van der Waals surface area contributed by atoms with E-state index in [9.17, 15) is 5.11 Å². The second kappa shape index (κ2) is 8.62. The van der Waals surface area contributed by atoms with Crippen LogP contribution in [-0.4, -0.2) is 42.4 Å². The van der Waals surface area contributed by atoms with Crippen LogP contribution in [0.25, 0.3) is 0 Å². The SMILES string of the molecule is Cc1ccc(C)c(OCC(O)CN2CCCC(C)C2)c1.[Cl-]. The van der Waals surface area contributed by atoms with Crippen molar-refractivity contribution in [2.45, 2.75) is 39.7 Å². The zero-order chi connectivity index (χ0) is 14.5. The molecule has 3 nitrogen and oxygen atoms in total. The largest absolute Gasteiger partial charge is 1.00 e. The second-order valence-corrected chi connectivity index (χ2v) is 6.24. The number of aliphatic hydroxyl groups is 1. The van der Waals surface area contributed by atoms with E-state index in [1.54, 1.807) is 0 Å². The number of benzene rings is 1. The number of hydrogen-bond donors (Lipinski definition) is 1. The Hall–Kier alpha value is -0.770. The molecule has 0 spiro atoms. The lowest BCUT2D eigenvalue weighted by Gasteiger charge is -2.32. The van der Waals surface area contributed by atoms with E-state index in [1.807, 2.05) is 13.0 Å². The molecule has 0 amide bonds. The number of nitrogens with zero attached hydrogens (tertiary/aromatic N) is 1. The van der Waals surface area contributed by atoms with E-state index in [0.29, 0.717) is 6.61 Å². The molecule has 0 bridgehead atoms. The predicted molar refractivity (Wildman–Crippen MR) is 82.3 cm³/mol. The number of piperidine rings is 1. The Balaban J connectivity index is 0.00000220. The van der Waals surface area contributed by atoms with Crippen LogP contribution < -0.4 is 17.1 Å². The molecule has 0 aliphatic carbocycles. The number of aliphatic hydroxyl groups excluding tert-OH is 1. The maximum atomic E-state index is 10.1. The first-order chi connectivity index (χ1) is 9.54. The molecule has 1 fully saturated rings. The van der Waals surface area contributed by atoms with Gasteiger partial charge in [-0.25, -0.2) is 0 Å². The molecule has 1 aliphatic rings. The highest BCUT2D eigenvalue weighted by Gasteiger charge is 2.19. The highest BCUT2D eigenvalue weighted by atomic mass is 35.5. The minimum absolute atomic E-state index is 0. The number of ether oxygens (including phenoxy) is 1. The third kappa shape index (κ3) is 5.85. The molecule has 120 valence electrons. The average molecular weight is 313 g/mol. The molecule has 2 unspecified atom stereocenters. The summed E-state index contributed by atoms with van der Waals surface area (Å²) in [7, 11) is 0. The van der Waals surface area contributed by atoms with Gasteiger partial charge >= 0.3 is 0 Å². The molecule has 4 heteroatoms. The first-order valence-electron chi connectivity index (χ1n) is 7.65. The Morgan fingerprint density at radius 2 is 2.14 bits per heavy atom. The summed E-state index contributed by atoms with van der Waals surface area (Å²) in [6.45, 7) is 9.66. The van der Waals surface area contributed by atoms with Gasteiger partial charge in [-0.15, -0.1) is 0 Å². The molecule has 1 heterocycles. The van der Waals surface area contributed by atoms with Crippen molar-refractivity contribution in [1.29, 1.82) is 0 Å². The summed E-state index contributed by atoms with van der Waals surface area (Å²) in [6.07, 6.45) is 2.14. The Morgan fingerprint density at radius 1 is 1.38 bits per heavy atom. The van der Waals surface area contributed by atoms with E-state index in [-0.39, 0.29) is 12.4 Å². The molecular formula is C17H27ClNO2-. The Labute approximate surface area is 134 Å². The maximum Gasteiger partial charge on any atom is 0.122 e. The Kier molecular flexibility index (Phi) is 7.50. The minimum Gasteiger partial charge on any atom is -1.00 e. The highest BCUT2D eigenvalue weighted by molar-refractivity contribution is 5.35. The maximum absolute atomic E-state index is 10.1. The van der Waals surface area contributed by atoms with E-state index >= 15 is 0 Å². The van der Waals surface area contributed by atoms with Gasteiger partial charge < -0.3 is 27.2 Å². The lowest BCUT2D eigenvalue weighted by atomic mass is 10.0. The smallest absolute Gasteiger partial charge is 0.122 e. The molecule has 0 aromatic heterocycles. The first-order valence-corrected chi connectivity index (χ1v) is 7.65. The summed E-state index contributed by atoms with van der Waals surface area (Å²) in [5.41, 5.74) is 2.30. The van der Waals surface area contributed by atoms with Gasteiger partial charge in [0.25, 0.3) is 0 Å². The Morgan fingerprint density at radius 3 is 2.86 bits per heavy atom. The van der Waals surface area contributed by atoms with Crippen molar-refractivity contribution in [3.8, 4) is 5.75 Å². The molecule has 0 radical (unpaired) electrons. The number of aryl methyl sites for hydroxylation is 2. The predicted octanol–water partition coefficient (Wildman–Crippen LogP) is -0.221. The van der Waals surface area contributed by atoms with Gasteiger partial charge in [0.05, 0.1) is 0 Å². The fourth-order valence-electron chi connectivity index (χ4n) is 2.85. The summed E-state index contributed by atoms with van der Waals surface area (Å²) < 4.78 is 5.77. The van der Waals surface area contributed by atoms with E-state index in [4.69, 9.17) is 4.74 Å². The van der Waals surface area contributed by atoms with Gasteiger partial charge in [0.2, 0.25) is 0 Å². The first kappa shape index (κ1) is 18.3. The number of halogens is 1. The van der Waals surface area contributed by atoms with Gasteiger partial charge in [-0.2, -0.15) is 0 Å². The van der Waals surface area contributed by atoms with Crippen LogP contribution >= 0.6 is 0 Å². The van der Waals surface area contributed by atoms with Gasteiger partial charge in [-0.3, -0.25) is 0 Å². The van der Waals surface area contributed by atoms with E-state index in [1.165, 1.54) is 18.4 Å². The lowest BCUT2D eigenvalue weighted by Crippen LogP contribution is -3.00. The fourth-order valence-corrected chi connectivity index (χ4v) is 2.85. The molecule has 2 atom stereocenters. The van der Waals surface area contributed by atoms with Gasteiger partial charge in [0.15, 0.2) is 0 Å². The molecule has 1 saturated heterocycles. The standard InChI is InChI=1S/C17H27NO2.ClH/c1-13-6-7-15(3)17(9-13)20-12-16(19)11-18-8-4-5-14(2)10-18;/h6-7,9,14,16,19H,4-5,8,10-12H2,1-3H3;1H/p-1. The Bertz CT molecular complexity index is 439. The van der Waals surface area contributed by atoms with Crippen molar-refractivity contribution in [3.63, 3.8) is 0 Å². The van der Waals surface area contributed by atoms with Crippen molar-refractivity contribution < 1.29 is 22.3 Å². The molecule has 1 aliphatic heterocycles. The molecule has 1 aromatic rings. The van der Waals surface area contributed by atoms with E-state index in [0.717, 1.165) is 36.9 Å². The average Bonchev–Trinajstić information content (AvgIpc) is 2.40. The van der Waals surface area contributed by atoms with Crippen molar-refractivity contribution in [2.24, 2.45) is 5.92 Å². The normalized spacial score (nSPS) is 20.7. The molecule has 21 heavy (non-hydrogen) atoms. The lowest BCUT2D eigenvalue weighted by molar-refractivity contribution is -0.00000732. The van der Waals surface area contributed by atoms with Crippen molar-refractivity contribution >= 4 is 0 Å². The number of β-amino-alcohol motifs (C(OH)–C–C–N with tert-alkyl or cyclic N) is 1. The quantitative estimate of drug-likeness (QED) is 0.816. The van der Waals surface area contributed by atoms with Crippen LogP contribution in [0.15, 0.2) is 18.2 Å². The third-order valence-corrected chi connectivity index (χ3v) is 3.98. The monoisotopic (exact) mass is 312 g/mol. The molecule has 2 rings (SSSR count). The highest BCUT2D eigenvalue weighted by Crippen LogP contribution is 2.20. The van der Waals surface area contributed by atoms with Crippen LogP contribution in [0, 0.1) is 19.8 Å².